The van der Waals surface area contributed by atoms with Crippen LogP contribution in [-0.2, 0) is 26.2 Å². The fraction of sp³-hybridized carbons (Fsp3) is 0.690. The standard InChI is InChI=1S/C29H35F3N4O4S/c1-25(30,31)24-33-23(34-40-24)28-10-7-26(8-11-28,9-12-28)18-36(22(37)14-27-15-29(32,16-27)17-27)20-3-2-4-21(13-20)41(38,39)35-19-5-6-19/h2-4,13,19,35H,5-12,14-18H2,1H3. The minimum absolute atomic E-state index is 0.0406. The van der Waals surface area contributed by atoms with E-state index in [-0.39, 0.29) is 34.1 Å². The summed E-state index contributed by atoms with van der Waals surface area (Å²) in [7, 11) is -3.71. The maximum absolute atomic E-state index is 14.3. The van der Waals surface area contributed by atoms with Crippen LogP contribution in [-0.4, -0.2) is 42.7 Å². The zero-order valence-corrected chi connectivity index (χ0v) is 23.9. The van der Waals surface area contributed by atoms with E-state index in [1.165, 1.54) is 6.07 Å². The number of anilines is 1. The summed E-state index contributed by atoms with van der Waals surface area (Å²) in [5.41, 5.74) is -1.50. The molecule has 0 atom stereocenters. The maximum atomic E-state index is 14.3. The van der Waals surface area contributed by atoms with E-state index >= 15 is 0 Å². The van der Waals surface area contributed by atoms with Crippen LogP contribution in [0, 0.1) is 10.8 Å². The molecule has 1 N–H and O–H groups in total. The second-order valence-electron chi connectivity index (χ2n) is 13.8. The van der Waals surface area contributed by atoms with E-state index in [1.807, 2.05) is 0 Å². The largest absolute Gasteiger partial charge is 0.333 e. The van der Waals surface area contributed by atoms with Gasteiger partial charge in [0.05, 0.1) is 4.90 Å². The van der Waals surface area contributed by atoms with Gasteiger partial charge in [0.2, 0.25) is 15.9 Å². The number of benzene rings is 1. The summed E-state index contributed by atoms with van der Waals surface area (Å²) in [6.07, 6.45) is 7.45. The molecule has 0 saturated heterocycles. The van der Waals surface area contributed by atoms with Gasteiger partial charge in [0.25, 0.3) is 5.89 Å². The van der Waals surface area contributed by atoms with E-state index < -0.39 is 32.9 Å². The van der Waals surface area contributed by atoms with Crippen molar-refractivity contribution in [3.63, 3.8) is 0 Å². The lowest BCUT2D eigenvalue weighted by molar-refractivity contribution is -0.215. The molecule has 0 aliphatic heterocycles. The summed E-state index contributed by atoms with van der Waals surface area (Å²) in [4.78, 5) is 19.8. The molecule has 222 valence electrons. The molecule has 7 aliphatic rings. The lowest BCUT2D eigenvalue weighted by atomic mass is 9.41. The Bertz CT molecular complexity index is 1450. The molecule has 0 radical (unpaired) electrons. The monoisotopic (exact) mass is 592 g/mol. The van der Waals surface area contributed by atoms with Crippen LogP contribution in [0.4, 0.5) is 18.9 Å². The normalized spacial score (nSPS) is 34.1. The van der Waals surface area contributed by atoms with Gasteiger partial charge in [-0.3, -0.25) is 4.79 Å². The van der Waals surface area contributed by atoms with Crippen molar-refractivity contribution in [1.29, 1.82) is 0 Å². The first kappa shape index (κ1) is 27.4. The fourth-order valence-electron chi connectivity index (χ4n) is 7.88. The Kier molecular flexibility index (Phi) is 5.86. The van der Waals surface area contributed by atoms with E-state index in [2.05, 4.69) is 14.9 Å². The van der Waals surface area contributed by atoms with Crippen LogP contribution < -0.4 is 9.62 Å². The minimum Gasteiger partial charge on any atom is -0.333 e. The van der Waals surface area contributed by atoms with Crippen LogP contribution in [0.1, 0.15) is 95.7 Å². The number of nitrogens with one attached hydrogen (secondary N) is 1. The van der Waals surface area contributed by atoms with Crippen molar-refractivity contribution in [2.45, 2.75) is 112 Å². The number of sulfonamides is 1. The molecule has 7 fully saturated rings. The number of fused-ring (bicyclic) bond motifs is 3. The van der Waals surface area contributed by atoms with E-state index in [4.69, 9.17) is 4.52 Å². The predicted octanol–water partition coefficient (Wildman–Crippen LogP) is 5.53. The maximum Gasteiger partial charge on any atom is 0.322 e. The van der Waals surface area contributed by atoms with Gasteiger partial charge in [-0.1, -0.05) is 11.2 Å². The van der Waals surface area contributed by atoms with Crippen molar-refractivity contribution in [3.05, 3.63) is 36.0 Å². The third-order valence-corrected chi connectivity index (χ3v) is 11.9. The molecule has 7 saturated carbocycles. The smallest absolute Gasteiger partial charge is 0.322 e. The van der Waals surface area contributed by atoms with Gasteiger partial charge < -0.3 is 9.42 Å². The fourth-order valence-corrected chi connectivity index (χ4v) is 9.23. The predicted molar refractivity (Wildman–Crippen MR) is 143 cm³/mol. The van der Waals surface area contributed by atoms with Crippen molar-refractivity contribution in [2.75, 3.05) is 11.4 Å². The van der Waals surface area contributed by atoms with Crippen molar-refractivity contribution < 1.29 is 30.9 Å². The number of carbonyl (C=O) groups excluding carboxylic acids is 1. The molecule has 8 nitrogen and oxygen atoms in total. The number of carbonyl (C=O) groups is 1. The van der Waals surface area contributed by atoms with Gasteiger partial charge in [-0.15, -0.1) is 0 Å². The van der Waals surface area contributed by atoms with Crippen LogP contribution in [0.5, 0.6) is 0 Å². The molecule has 0 spiro atoms. The highest BCUT2D eigenvalue weighted by atomic mass is 32.2. The number of alkyl halides is 3. The van der Waals surface area contributed by atoms with Crippen molar-refractivity contribution in [2.24, 2.45) is 10.8 Å². The molecule has 2 aromatic rings. The summed E-state index contributed by atoms with van der Waals surface area (Å²) in [6, 6.07) is 6.50. The lowest BCUT2D eigenvalue weighted by Gasteiger charge is -2.66. The van der Waals surface area contributed by atoms with Crippen LogP contribution in [0.25, 0.3) is 0 Å². The van der Waals surface area contributed by atoms with E-state index in [1.54, 1.807) is 23.1 Å². The van der Waals surface area contributed by atoms with Gasteiger partial charge in [-0.2, -0.15) is 13.8 Å². The number of hydrogen-bond donors (Lipinski definition) is 1. The van der Waals surface area contributed by atoms with Crippen LogP contribution >= 0.6 is 0 Å². The molecule has 1 heterocycles. The molecule has 41 heavy (non-hydrogen) atoms. The molecule has 7 aliphatic carbocycles. The van der Waals surface area contributed by atoms with Gasteiger partial charge in [-0.25, -0.2) is 17.5 Å². The Hall–Kier alpha value is -2.47. The highest BCUT2D eigenvalue weighted by Gasteiger charge is 2.69. The van der Waals surface area contributed by atoms with E-state index in [0.29, 0.717) is 56.6 Å². The first-order valence-electron chi connectivity index (χ1n) is 14.6. The van der Waals surface area contributed by atoms with Crippen LogP contribution in [0.3, 0.4) is 0 Å². The Morgan fingerprint density at radius 1 is 1.10 bits per heavy atom. The highest BCUT2D eigenvalue weighted by molar-refractivity contribution is 7.89. The van der Waals surface area contributed by atoms with Crippen LogP contribution in [0.2, 0.25) is 0 Å². The third-order valence-electron chi connectivity index (χ3n) is 10.4. The second-order valence-corrected chi connectivity index (χ2v) is 15.5. The minimum atomic E-state index is -3.71. The third kappa shape index (κ3) is 4.78. The average molecular weight is 593 g/mol. The number of rotatable bonds is 10. The molecule has 1 aromatic carbocycles. The molecular weight excluding hydrogens is 557 g/mol. The molecule has 1 amide bonds. The van der Waals surface area contributed by atoms with Gasteiger partial charge in [0.15, 0.2) is 5.82 Å². The Morgan fingerprint density at radius 2 is 1.76 bits per heavy atom. The Labute approximate surface area is 237 Å². The molecule has 1 aromatic heterocycles. The number of amides is 1. The van der Waals surface area contributed by atoms with E-state index in [0.717, 1.165) is 39.0 Å². The lowest BCUT2D eigenvalue weighted by Crippen LogP contribution is -2.65. The average Bonchev–Trinajstić information content (AvgIpc) is 3.53. The number of aromatic nitrogens is 2. The summed E-state index contributed by atoms with van der Waals surface area (Å²) < 4.78 is 75.3. The molecule has 9 rings (SSSR count). The Morgan fingerprint density at radius 3 is 2.32 bits per heavy atom. The number of halogens is 3. The van der Waals surface area contributed by atoms with Crippen molar-refractivity contribution in [1.82, 2.24) is 14.9 Å². The SMILES string of the molecule is CC(F)(F)c1nc(C23CCC(CN(C(=O)CC45CC(F)(C4)C5)c4cccc(S(=O)(=O)NC5CC5)c4)(CC2)CC3)no1. The zero-order chi connectivity index (χ0) is 28.9. The Balaban J connectivity index is 1.13. The molecule has 12 heteroatoms. The summed E-state index contributed by atoms with van der Waals surface area (Å²) in [6.45, 7) is 1.16. The molecular formula is C29H35F3N4O4S. The first-order chi connectivity index (χ1) is 19.2. The van der Waals surface area contributed by atoms with Gasteiger partial charge >= 0.3 is 5.92 Å². The molecule has 4 bridgehead atoms. The van der Waals surface area contributed by atoms with Gasteiger partial charge in [0.1, 0.15) is 5.67 Å². The van der Waals surface area contributed by atoms with E-state index in [9.17, 15) is 26.4 Å². The van der Waals surface area contributed by atoms with Crippen molar-refractivity contribution >= 4 is 21.6 Å². The second kappa shape index (κ2) is 8.78. The summed E-state index contributed by atoms with van der Waals surface area (Å²) in [5.74, 6) is -3.65. The van der Waals surface area contributed by atoms with Gasteiger partial charge in [-0.05, 0) is 99.7 Å². The molecule has 0 unspecified atom stereocenters. The number of nitrogens with zero attached hydrogens (tertiary/aromatic N) is 3. The summed E-state index contributed by atoms with van der Waals surface area (Å²) >= 11 is 0. The number of hydrogen-bond acceptors (Lipinski definition) is 6. The van der Waals surface area contributed by atoms with Crippen molar-refractivity contribution in [3.8, 4) is 0 Å². The highest BCUT2D eigenvalue weighted by Crippen LogP contribution is 2.71. The zero-order valence-electron chi connectivity index (χ0n) is 23.1. The van der Waals surface area contributed by atoms with Gasteiger partial charge in [0, 0.05) is 37.0 Å². The van der Waals surface area contributed by atoms with Crippen LogP contribution in [0.15, 0.2) is 33.7 Å². The topological polar surface area (TPSA) is 105 Å². The summed E-state index contributed by atoms with van der Waals surface area (Å²) in [5, 5.41) is 3.93. The first-order valence-corrected chi connectivity index (χ1v) is 16.0. The quantitative estimate of drug-likeness (QED) is 0.389.